The van der Waals surface area contributed by atoms with Crippen LogP contribution in [0.3, 0.4) is 0 Å². The van der Waals surface area contributed by atoms with E-state index in [4.69, 9.17) is 5.73 Å². The van der Waals surface area contributed by atoms with Crippen LogP contribution in [0.2, 0.25) is 0 Å². The molecule has 0 atom stereocenters. The molecule has 68 valence electrons. The molecule has 3 N–H and O–H groups in total. The molecule has 0 aliphatic heterocycles. The van der Waals surface area contributed by atoms with Gasteiger partial charge in [0.15, 0.2) is 0 Å². The maximum Gasteiger partial charge on any atom is 0.241 e. The van der Waals surface area contributed by atoms with Gasteiger partial charge >= 0.3 is 0 Å². The Balaban J connectivity index is 2.92. The summed E-state index contributed by atoms with van der Waals surface area (Å²) in [5, 5.41) is 9.31. The van der Waals surface area contributed by atoms with Crippen LogP contribution >= 0.6 is 22.6 Å². The predicted octanol–water partition coefficient (Wildman–Crippen LogP) is 1.50. The molecule has 0 heterocycles. The summed E-state index contributed by atoms with van der Waals surface area (Å²) in [5.41, 5.74) is 5.67. The lowest BCUT2D eigenvalue weighted by Crippen LogP contribution is -2.05. The fourth-order valence-electron chi connectivity index (χ4n) is 0.812. The summed E-state index contributed by atoms with van der Waals surface area (Å²) in [4.78, 5) is 10.4. The third-order valence-corrected chi connectivity index (χ3v) is 2.32. The first kappa shape index (κ1) is 10.0. The molecule has 1 rings (SSSR count). The van der Waals surface area contributed by atoms with Crippen molar-refractivity contribution >= 4 is 34.6 Å². The van der Waals surface area contributed by atoms with Gasteiger partial charge in [0.1, 0.15) is 5.75 Å². The fourth-order valence-corrected chi connectivity index (χ4v) is 1.15. The van der Waals surface area contributed by atoms with Gasteiger partial charge in [0.05, 0.1) is 3.57 Å². The van der Waals surface area contributed by atoms with Crippen LogP contribution in [0.4, 0.5) is 0 Å². The summed E-state index contributed by atoms with van der Waals surface area (Å²) in [6.45, 7) is 0. The fraction of sp³-hybridized carbons (Fsp3) is 0. The van der Waals surface area contributed by atoms with Gasteiger partial charge in [-0.2, -0.15) is 0 Å². The van der Waals surface area contributed by atoms with Crippen LogP contribution in [-0.2, 0) is 4.79 Å². The molecule has 0 saturated heterocycles. The second kappa shape index (κ2) is 4.27. The highest BCUT2D eigenvalue weighted by Crippen LogP contribution is 2.20. The highest BCUT2D eigenvalue weighted by atomic mass is 127. The smallest absolute Gasteiger partial charge is 0.241 e. The number of carbonyl (C=O) groups excluding carboxylic acids is 1. The minimum atomic E-state index is -0.502. The standard InChI is InChI=1S/C9H8INO2/c10-7-3-1-6(5-8(7)12)2-4-9(11)13/h1-5,12H,(H2,11,13)/b4-2-. The van der Waals surface area contributed by atoms with E-state index in [1.165, 1.54) is 6.08 Å². The second-order valence-electron chi connectivity index (χ2n) is 2.45. The number of hydrogen-bond acceptors (Lipinski definition) is 2. The van der Waals surface area contributed by atoms with Gasteiger partial charge in [0.25, 0.3) is 0 Å². The molecule has 0 spiro atoms. The van der Waals surface area contributed by atoms with Crippen molar-refractivity contribution in [1.82, 2.24) is 0 Å². The van der Waals surface area contributed by atoms with Crippen LogP contribution in [0.5, 0.6) is 5.75 Å². The molecule has 0 saturated carbocycles. The topological polar surface area (TPSA) is 63.3 Å². The minimum absolute atomic E-state index is 0.201. The largest absolute Gasteiger partial charge is 0.507 e. The van der Waals surface area contributed by atoms with Crippen molar-refractivity contribution in [3.8, 4) is 5.75 Å². The van der Waals surface area contributed by atoms with Gasteiger partial charge in [-0.1, -0.05) is 6.07 Å². The Morgan fingerprint density at radius 1 is 1.54 bits per heavy atom. The number of rotatable bonds is 2. The second-order valence-corrected chi connectivity index (χ2v) is 3.61. The number of phenols is 1. The van der Waals surface area contributed by atoms with Gasteiger partial charge < -0.3 is 10.8 Å². The third-order valence-electron chi connectivity index (χ3n) is 1.41. The zero-order valence-corrected chi connectivity index (χ0v) is 8.86. The van der Waals surface area contributed by atoms with Crippen LogP contribution in [0.15, 0.2) is 24.3 Å². The highest BCUT2D eigenvalue weighted by molar-refractivity contribution is 14.1. The number of carbonyl (C=O) groups is 1. The van der Waals surface area contributed by atoms with Crippen LogP contribution < -0.4 is 5.73 Å². The lowest BCUT2D eigenvalue weighted by Gasteiger charge is -1.97. The number of halogens is 1. The van der Waals surface area contributed by atoms with Crippen molar-refractivity contribution in [3.05, 3.63) is 33.4 Å². The Morgan fingerprint density at radius 3 is 2.77 bits per heavy atom. The number of hydrogen-bond donors (Lipinski definition) is 2. The van der Waals surface area contributed by atoms with Crippen LogP contribution in [-0.4, -0.2) is 11.0 Å². The van der Waals surface area contributed by atoms with E-state index in [0.29, 0.717) is 0 Å². The summed E-state index contributed by atoms with van der Waals surface area (Å²) in [7, 11) is 0. The number of nitrogens with two attached hydrogens (primary N) is 1. The third kappa shape index (κ3) is 3.06. The molecule has 0 aliphatic carbocycles. The number of benzene rings is 1. The van der Waals surface area contributed by atoms with E-state index < -0.39 is 5.91 Å². The summed E-state index contributed by atoms with van der Waals surface area (Å²) in [5.74, 6) is -0.301. The normalized spacial score (nSPS) is 10.5. The zero-order chi connectivity index (χ0) is 9.84. The molecule has 0 radical (unpaired) electrons. The molecule has 1 amide bonds. The number of phenolic OH excluding ortho intramolecular Hbond substituents is 1. The lowest BCUT2D eigenvalue weighted by molar-refractivity contribution is -0.113. The summed E-state index contributed by atoms with van der Waals surface area (Å²) < 4.78 is 0.772. The van der Waals surface area contributed by atoms with Crippen molar-refractivity contribution < 1.29 is 9.90 Å². The van der Waals surface area contributed by atoms with E-state index in [1.807, 2.05) is 22.6 Å². The van der Waals surface area contributed by atoms with Crippen LogP contribution in [0.1, 0.15) is 5.56 Å². The van der Waals surface area contributed by atoms with Crippen molar-refractivity contribution in [3.63, 3.8) is 0 Å². The van der Waals surface area contributed by atoms with E-state index >= 15 is 0 Å². The monoisotopic (exact) mass is 289 g/mol. The molecule has 1 aromatic rings. The van der Waals surface area contributed by atoms with Crippen LogP contribution in [0.25, 0.3) is 6.08 Å². The van der Waals surface area contributed by atoms with Gasteiger partial charge in [-0.25, -0.2) is 0 Å². The molecule has 0 aliphatic rings. The Kier molecular flexibility index (Phi) is 3.30. The van der Waals surface area contributed by atoms with E-state index in [9.17, 15) is 9.90 Å². The molecule has 1 aromatic carbocycles. The Bertz CT molecular complexity index is 361. The first-order chi connectivity index (χ1) is 6.09. The highest BCUT2D eigenvalue weighted by Gasteiger charge is 1.96. The van der Waals surface area contributed by atoms with E-state index in [1.54, 1.807) is 24.3 Å². The molecular formula is C9H8INO2. The van der Waals surface area contributed by atoms with Crippen molar-refractivity contribution in [1.29, 1.82) is 0 Å². The molecule has 0 fully saturated rings. The summed E-state index contributed by atoms with van der Waals surface area (Å²) >= 11 is 2.02. The van der Waals surface area contributed by atoms with Gasteiger partial charge in [-0.05, 0) is 46.4 Å². The number of aromatic hydroxyl groups is 1. The first-order valence-electron chi connectivity index (χ1n) is 3.55. The van der Waals surface area contributed by atoms with Crippen molar-refractivity contribution in [2.24, 2.45) is 5.73 Å². The molecule has 3 nitrogen and oxygen atoms in total. The van der Waals surface area contributed by atoms with Crippen LogP contribution in [0, 0.1) is 3.57 Å². The maximum atomic E-state index is 10.4. The quantitative estimate of drug-likeness (QED) is 0.640. The maximum absolute atomic E-state index is 10.4. The zero-order valence-electron chi connectivity index (χ0n) is 6.70. The molecule has 0 unspecified atom stereocenters. The molecule has 4 heteroatoms. The lowest BCUT2D eigenvalue weighted by atomic mass is 10.2. The van der Waals surface area contributed by atoms with E-state index in [-0.39, 0.29) is 5.75 Å². The Labute approximate surface area is 89.4 Å². The van der Waals surface area contributed by atoms with Gasteiger partial charge in [0.2, 0.25) is 5.91 Å². The predicted molar refractivity (Wildman–Crippen MR) is 59.1 cm³/mol. The summed E-state index contributed by atoms with van der Waals surface area (Å²) in [6.07, 6.45) is 2.81. The minimum Gasteiger partial charge on any atom is -0.507 e. The number of amides is 1. The Hall–Kier alpha value is -1.04. The van der Waals surface area contributed by atoms with Gasteiger partial charge in [-0.15, -0.1) is 0 Å². The molecule has 0 bridgehead atoms. The first-order valence-corrected chi connectivity index (χ1v) is 4.63. The molecular weight excluding hydrogens is 281 g/mol. The van der Waals surface area contributed by atoms with Gasteiger partial charge in [0, 0.05) is 6.08 Å². The van der Waals surface area contributed by atoms with E-state index in [0.717, 1.165) is 9.13 Å². The SMILES string of the molecule is NC(=O)/C=C\c1ccc(I)c(O)c1. The number of primary amides is 1. The van der Waals surface area contributed by atoms with Crippen molar-refractivity contribution in [2.75, 3.05) is 0 Å². The molecule has 13 heavy (non-hydrogen) atoms. The average molecular weight is 289 g/mol. The average Bonchev–Trinajstić information content (AvgIpc) is 2.07. The van der Waals surface area contributed by atoms with Gasteiger partial charge in [-0.3, -0.25) is 4.79 Å². The molecule has 0 aromatic heterocycles. The Morgan fingerprint density at radius 2 is 2.23 bits per heavy atom. The summed E-state index contributed by atoms with van der Waals surface area (Å²) in [6, 6.07) is 5.12. The van der Waals surface area contributed by atoms with E-state index in [2.05, 4.69) is 0 Å². The van der Waals surface area contributed by atoms with Crippen molar-refractivity contribution in [2.45, 2.75) is 0 Å².